The number of carbonyl (C=O) groups excluding carboxylic acids is 1. The van der Waals surface area contributed by atoms with Crippen LogP contribution in [0.3, 0.4) is 0 Å². The van der Waals surface area contributed by atoms with Crippen LogP contribution < -0.4 is 0 Å². The smallest absolute Gasteiger partial charge is 0.274 e. The van der Waals surface area contributed by atoms with Crippen molar-refractivity contribution < 1.29 is 14.3 Å². The van der Waals surface area contributed by atoms with E-state index in [1.54, 1.807) is 6.07 Å². The van der Waals surface area contributed by atoms with Crippen LogP contribution in [0.2, 0.25) is 0 Å². The summed E-state index contributed by atoms with van der Waals surface area (Å²) < 4.78 is 5.57. The number of furan rings is 1. The Morgan fingerprint density at radius 3 is 2.96 bits per heavy atom. The van der Waals surface area contributed by atoms with E-state index in [-0.39, 0.29) is 17.6 Å². The molecule has 1 aliphatic heterocycles. The van der Waals surface area contributed by atoms with E-state index in [2.05, 4.69) is 10.2 Å². The highest BCUT2D eigenvalue weighted by molar-refractivity contribution is 5.94. The minimum Gasteiger partial charge on any atom is -0.460 e. The number of aliphatic hydroxyl groups excluding tert-OH is 1. The Kier molecular flexibility index (Phi) is 3.30. The van der Waals surface area contributed by atoms with Crippen molar-refractivity contribution in [1.82, 2.24) is 15.1 Å². The molecule has 3 heterocycles. The lowest BCUT2D eigenvalue weighted by atomic mass is 9.69. The van der Waals surface area contributed by atoms with Crippen molar-refractivity contribution in [2.45, 2.75) is 50.7 Å². The minimum atomic E-state index is -0.291. The summed E-state index contributed by atoms with van der Waals surface area (Å²) in [6, 6.07) is 5.49. The third kappa shape index (κ3) is 2.37. The molecular weight excluding hydrogens is 294 g/mol. The monoisotopic (exact) mass is 315 g/mol. The van der Waals surface area contributed by atoms with Crippen LogP contribution in [0.5, 0.6) is 0 Å². The standard InChI is InChI=1S/C17H21N3O3/c1-11-3-4-15(23-11)13-9-14(19-18-13)16(22)20-8-5-12(21)10-17(20)6-2-7-17/h3-4,9,12,21H,2,5-8,10H2,1H3,(H,18,19). The van der Waals surface area contributed by atoms with Crippen molar-refractivity contribution in [3.8, 4) is 11.5 Å². The lowest BCUT2D eigenvalue weighted by Gasteiger charge is -2.54. The molecule has 0 aromatic carbocycles. The van der Waals surface area contributed by atoms with Crippen LogP contribution in [0.15, 0.2) is 22.6 Å². The Balaban J connectivity index is 1.58. The average molecular weight is 315 g/mol. The summed E-state index contributed by atoms with van der Waals surface area (Å²) in [7, 11) is 0. The Morgan fingerprint density at radius 1 is 1.48 bits per heavy atom. The molecule has 2 fully saturated rings. The average Bonchev–Trinajstić information content (AvgIpc) is 3.13. The second-order valence-corrected chi connectivity index (χ2v) is 6.76. The molecule has 1 saturated carbocycles. The van der Waals surface area contributed by atoms with E-state index in [0.29, 0.717) is 36.5 Å². The number of aromatic nitrogens is 2. The van der Waals surface area contributed by atoms with Crippen molar-refractivity contribution in [1.29, 1.82) is 0 Å². The lowest BCUT2D eigenvalue weighted by Crippen LogP contribution is -2.61. The van der Waals surface area contributed by atoms with Crippen LogP contribution >= 0.6 is 0 Å². The molecule has 1 saturated heterocycles. The van der Waals surface area contributed by atoms with Crippen molar-refractivity contribution in [3.05, 3.63) is 29.7 Å². The third-order valence-electron chi connectivity index (χ3n) is 5.21. The highest BCUT2D eigenvalue weighted by Crippen LogP contribution is 2.45. The van der Waals surface area contributed by atoms with Gasteiger partial charge in [-0.1, -0.05) is 0 Å². The number of piperidine rings is 1. The molecule has 1 aliphatic carbocycles. The van der Waals surface area contributed by atoms with Gasteiger partial charge in [-0.3, -0.25) is 9.89 Å². The number of aromatic amines is 1. The van der Waals surface area contributed by atoms with Crippen molar-refractivity contribution >= 4 is 5.91 Å². The zero-order valence-electron chi connectivity index (χ0n) is 13.2. The highest BCUT2D eigenvalue weighted by Gasteiger charge is 2.48. The topological polar surface area (TPSA) is 82.4 Å². The van der Waals surface area contributed by atoms with Crippen molar-refractivity contribution in [3.63, 3.8) is 0 Å². The minimum absolute atomic E-state index is 0.0534. The maximum atomic E-state index is 12.9. The van der Waals surface area contributed by atoms with E-state index in [1.165, 1.54) is 0 Å². The number of aliphatic hydroxyl groups is 1. The van der Waals surface area contributed by atoms with Gasteiger partial charge in [0, 0.05) is 18.2 Å². The number of hydrogen-bond donors (Lipinski definition) is 2. The molecule has 122 valence electrons. The predicted octanol–water partition coefficient (Wildman–Crippen LogP) is 2.50. The van der Waals surface area contributed by atoms with Crippen molar-refractivity contribution in [2.24, 2.45) is 0 Å². The van der Waals surface area contributed by atoms with Gasteiger partial charge in [0.25, 0.3) is 5.91 Å². The van der Waals surface area contributed by atoms with Crippen LogP contribution in [0.1, 0.15) is 48.4 Å². The van der Waals surface area contributed by atoms with Gasteiger partial charge in [-0.2, -0.15) is 5.10 Å². The fourth-order valence-electron chi connectivity index (χ4n) is 3.82. The lowest BCUT2D eigenvalue weighted by molar-refractivity contribution is -0.0486. The molecular formula is C17H21N3O3. The Hall–Kier alpha value is -2.08. The van der Waals surface area contributed by atoms with Crippen LogP contribution in [0.25, 0.3) is 11.5 Å². The molecule has 23 heavy (non-hydrogen) atoms. The van der Waals surface area contributed by atoms with E-state index in [0.717, 1.165) is 25.0 Å². The van der Waals surface area contributed by atoms with Crippen LogP contribution in [0, 0.1) is 6.92 Å². The molecule has 2 N–H and O–H groups in total. The molecule has 0 bridgehead atoms. The van der Waals surface area contributed by atoms with Crippen LogP contribution in [-0.4, -0.2) is 44.3 Å². The number of aryl methyl sites for hydroxylation is 1. The number of rotatable bonds is 2. The largest absolute Gasteiger partial charge is 0.460 e. The maximum absolute atomic E-state index is 12.9. The molecule has 1 unspecified atom stereocenters. The fraction of sp³-hybridized carbons (Fsp3) is 0.529. The summed E-state index contributed by atoms with van der Waals surface area (Å²) in [4.78, 5) is 14.8. The Morgan fingerprint density at radius 2 is 2.30 bits per heavy atom. The van der Waals surface area contributed by atoms with Gasteiger partial charge in [-0.25, -0.2) is 0 Å². The fourth-order valence-corrected chi connectivity index (χ4v) is 3.82. The van der Waals surface area contributed by atoms with E-state index in [9.17, 15) is 9.90 Å². The molecule has 1 atom stereocenters. The number of amides is 1. The summed E-state index contributed by atoms with van der Waals surface area (Å²) in [5.41, 5.74) is 0.965. The maximum Gasteiger partial charge on any atom is 0.274 e. The zero-order valence-corrected chi connectivity index (χ0v) is 13.2. The molecule has 1 amide bonds. The number of nitrogens with zero attached hydrogens (tertiary/aromatic N) is 2. The first kappa shape index (κ1) is 14.5. The van der Waals surface area contributed by atoms with E-state index in [4.69, 9.17) is 4.42 Å². The predicted molar refractivity (Wildman–Crippen MR) is 83.9 cm³/mol. The van der Waals surface area contributed by atoms with E-state index < -0.39 is 0 Å². The first-order chi connectivity index (χ1) is 11.1. The van der Waals surface area contributed by atoms with Gasteiger partial charge in [-0.05, 0) is 51.2 Å². The molecule has 4 rings (SSSR count). The summed E-state index contributed by atoms with van der Waals surface area (Å²) in [5, 5.41) is 17.0. The first-order valence-corrected chi connectivity index (χ1v) is 8.20. The first-order valence-electron chi connectivity index (χ1n) is 8.20. The third-order valence-corrected chi connectivity index (χ3v) is 5.21. The summed E-state index contributed by atoms with van der Waals surface area (Å²) in [6.45, 7) is 2.48. The van der Waals surface area contributed by atoms with Gasteiger partial charge in [-0.15, -0.1) is 0 Å². The van der Waals surface area contributed by atoms with Gasteiger partial charge in [0.15, 0.2) is 11.5 Å². The Labute approximate surface area is 134 Å². The van der Waals surface area contributed by atoms with E-state index in [1.807, 2.05) is 24.0 Å². The number of likely N-dealkylation sites (tertiary alicyclic amines) is 1. The zero-order chi connectivity index (χ0) is 16.0. The van der Waals surface area contributed by atoms with Crippen LogP contribution in [-0.2, 0) is 0 Å². The summed E-state index contributed by atoms with van der Waals surface area (Å²) in [6.07, 6.45) is 4.11. The number of carbonyl (C=O) groups is 1. The second-order valence-electron chi connectivity index (χ2n) is 6.76. The van der Waals surface area contributed by atoms with Gasteiger partial charge in [0.05, 0.1) is 6.10 Å². The molecule has 6 heteroatoms. The summed E-state index contributed by atoms with van der Waals surface area (Å²) in [5.74, 6) is 1.45. The molecule has 6 nitrogen and oxygen atoms in total. The highest BCUT2D eigenvalue weighted by atomic mass is 16.3. The number of H-pyrrole nitrogens is 1. The van der Waals surface area contributed by atoms with Gasteiger partial charge in [0.2, 0.25) is 0 Å². The summed E-state index contributed by atoms with van der Waals surface area (Å²) >= 11 is 0. The second kappa shape index (κ2) is 5.23. The molecule has 2 aromatic heterocycles. The van der Waals surface area contributed by atoms with Crippen LogP contribution in [0.4, 0.5) is 0 Å². The Bertz CT molecular complexity index is 729. The van der Waals surface area contributed by atoms with E-state index >= 15 is 0 Å². The normalized spacial score (nSPS) is 23.0. The van der Waals surface area contributed by atoms with Gasteiger partial charge >= 0.3 is 0 Å². The SMILES string of the molecule is Cc1ccc(-c2cc(C(=O)N3CCC(O)CC34CCC4)n[nH]2)o1. The molecule has 2 aromatic rings. The molecule has 0 radical (unpaired) electrons. The number of nitrogens with one attached hydrogen (secondary N) is 1. The van der Waals surface area contributed by atoms with Gasteiger partial charge < -0.3 is 14.4 Å². The number of hydrogen-bond acceptors (Lipinski definition) is 4. The molecule has 2 aliphatic rings. The van der Waals surface area contributed by atoms with Gasteiger partial charge in [0.1, 0.15) is 11.5 Å². The van der Waals surface area contributed by atoms with Crippen molar-refractivity contribution in [2.75, 3.05) is 6.54 Å². The molecule has 1 spiro atoms. The quantitative estimate of drug-likeness (QED) is 0.892.